The summed E-state index contributed by atoms with van der Waals surface area (Å²) in [6, 6.07) is 11.0. The fourth-order valence-corrected chi connectivity index (χ4v) is 2.96. The summed E-state index contributed by atoms with van der Waals surface area (Å²) in [5.41, 5.74) is 9.90. The molecule has 134 valence electrons. The van der Waals surface area contributed by atoms with E-state index in [2.05, 4.69) is 15.6 Å². The molecule has 0 fully saturated rings. The Bertz CT molecular complexity index is 943. The largest absolute Gasteiger partial charge is 0.396 e. The van der Waals surface area contributed by atoms with Gasteiger partial charge in [0, 0.05) is 5.69 Å². The number of nitrogen functional groups attached to an aromatic ring is 1. The van der Waals surface area contributed by atoms with E-state index in [1.165, 1.54) is 0 Å². The molecule has 0 radical (unpaired) electrons. The number of anilines is 2. The molecule has 6 nitrogen and oxygen atoms in total. The average molecular weight is 390 g/mol. The van der Waals surface area contributed by atoms with Crippen LogP contribution in [0.2, 0.25) is 10.0 Å². The van der Waals surface area contributed by atoms with Gasteiger partial charge in [-0.25, -0.2) is 4.68 Å². The van der Waals surface area contributed by atoms with Crippen LogP contribution in [-0.4, -0.2) is 20.9 Å². The lowest BCUT2D eigenvalue weighted by Crippen LogP contribution is -2.15. The number of hydrogen-bond donors (Lipinski definition) is 2. The molecule has 2 aromatic carbocycles. The van der Waals surface area contributed by atoms with Crippen LogP contribution in [-0.2, 0) is 11.2 Å². The van der Waals surface area contributed by atoms with Crippen molar-refractivity contribution < 1.29 is 4.79 Å². The molecule has 0 bridgehead atoms. The van der Waals surface area contributed by atoms with Crippen LogP contribution in [0.25, 0.3) is 5.69 Å². The number of carbonyl (C=O) groups is 1. The SMILES string of the molecule is Cc1ccc(-n2nnc(CC(=O)Nc3cc(Cl)c(N)c(Cl)c3)c2C)cc1. The highest BCUT2D eigenvalue weighted by molar-refractivity contribution is 6.39. The smallest absolute Gasteiger partial charge is 0.230 e. The normalized spacial score (nSPS) is 10.8. The Morgan fingerprint density at radius 2 is 1.77 bits per heavy atom. The van der Waals surface area contributed by atoms with Crippen molar-refractivity contribution in [2.24, 2.45) is 0 Å². The van der Waals surface area contributed by atoms with E-state index in [0.29, 0.717) is 11.4 Å². The summed E-state index contributed by atoms with van der Waals surface area (Å²) in [7, 11) is 0. The Morgan fingerprint density at radius 3 is 2.38 bits per heavy atom. The first-order valence-corrected chi connectivity index (χ1v) is 8.63. The summed E-state index contributed by atoms with van der Waals surface area (Å²) in [6.45, 7) is 3.89. The van der Waals surface area contributed by atoms with Crippen LogP contribution < -0.4 is 11.1 Å². The van der Waals surface area contributed by atoms with Gasteiger partial charge in [0.2, 0.25) is 5.91 Å². The topological polar surface area (TPSA) is 85.8 Å². The molecule has 0 atom stereocenters. The zero-order chi connectivity index (χ0) is 18.8. The van der Waals surface area contributed by atoms with Gasteiger partial charge in [0.25, 0.3) is 0 Å². The van der Waals surface area contributed by atoms with Crippen molar-refractivity contribution in [3.8, 4) is 5.69 Å². The first kappa shape index (κ1) is 18.2. The Labute approximate surface area is 160 Å². The minimum atomic E-state index is -0.249. The number of aryl methyl sites for hydroxylation is 1. The van der Waals surface area contributed by atoms with Crippen LogP contribution in [0.5, 0.6) is 0 Å². The maximum Gasteiger partial charge on any atom is 0.230 e. The summed E-state index contributed by atoms with van der Waals surface area (Å²) >= 11 is 12.0. The van der Waals surface area contributed by atoms with Crippen molar-refractivity contribution in [2.75, 3.05) is 11.1 Å². The number of nitrogens with zero attached hydrogens (tertiary/aromatic N) is 3. The lowest BCUT2D eigenvalue weighted by atomic mass is 10.2. The highest BCUT2D eigenvalue weighted by atomic mass is 35.5. The molecule has 3 N–H and O–H groups in total. The zero-order valence-corrected chi connectivity index (χ0v) is 15.8. The molecule has 0 saturated carbocycles. The first-order valence-electron chi connectivity index (χ1n) is 7.87. The summed E-state index contributed by atoms with van der Waals surface area (Å²) in [5, 5.41) is 11.6. The summed E-state index contributed by atoms with van der Waals surface area (Å²) in [4.78, 5) is 12.3. The Kier molecular flexibility index (Phi) is 5.15. The lowest BCUT2D eigenvalue weighted by Gasteiger charge is -2.08. The summed E-state index contributed by atoms with van der Waals surface area (Å²) < 4.78 is 1.71. The van der Waals surface area contributed by atoms with Crippen molar-refractivity contribution in [2.45, 2.75) is 20.3 Å². The summed E-state index contributed by atoms with van der Waals surface area (Å²) in [5.74, 6) is -0.249. The molecule has 1 heterocycles. The van der Waals surface area contributed by atoms with E-state index >= 15 is 0 Å². The maximum absolute atomic E-state index is 12.3. The van der Waals surface area contributed by atoms with E-state index < -0.39 is 0 Å². The van der Waals surface area contributed by atoms with Gasteiger partial charge in [0.05, 0.1) is 39.2 Å². The molecular weight excluding hydrogens is 373 g/mol. The van der Waals surface area contributed by atoms with Gasteiger partial charge < -0.3 is 11.1 Å². The summed E-state index contributed by atoms with van der Waals surface area (Å²) in [6.07, 6.45) is 0.0807. The fourth-order valence-electron chi connectivity index (χ4n) is 2.47. The van der Waals surface area contributed by atoms with Gasteiger partial charge in [-0.2, -0.15) is 0 Å². The molecule has 1 aromatic heterocycles. The molecule has 0 aliphatic carbocycles. The standard InChI is InChI=1S/C18H17Cl2N5O/c1-10-3-5-13(6-4-10)25-11(2)16(23-24-25)9-17(26)22-12-7-14(19)18(21)15(20)8-12/h3-8H,9,21H2,1-2H3,(H,22,26). The third-order valence-electron chi connectivity index (χ3n) is 3.96. The number of nitrogens with two attached hydrogens (primary N) is 1. The van der Waals surface area contributed by atoms with Crippen molar-refractivity contribution in [1.82, 2.24) is 15.0 Å². The number of aromatic nitrogens is 3. The number of nitrogens with one attached hydrogen (secondary N) is 1. The van der Waals surface area contributed by atoms with Gasteiger partial charge in [-0.3, -0.25) is 4.79 Å². The number of rotatable bonds is 4. The van der Waals surface area contributed by atoms with Gasteiger partial charge >= 0.3 is 0 Å². The van der Waals surface area contributed by atoms with Gasteiger partial charge in [0.15, 0.2) is 0 Å². The van der Waals surface area contributed by atoms with Crippen molar-refractivity contribution >= 4 is 40.5 Å². The molecule has 0 aliphatic rings. The van der Waals surface area contributed by atoms with Crippen molar-refractivity contribution in [3.63, 3.8) is 0 Å². The van der Waals surface area contributed by atoms with E-state index in [4.69, 9.17) is 28.9 Å². The number of amides is 1. The number of halogens is 2. The van der Waals surface area contributed by atoms with E-state index in [0.717, 1.165) is 16.9 Å². The second-order valence-electron chi connectivity index (χ2n) is 5.95. The second kappa shape index (κ2) is 7.35. The van der Waals surface area contributed by atoms with Crippen molar-refractivity contribution in [3.05, 3.63) is 63.4 Å². The average Bonchev–Trinajstić information content (AvgIpc) is 2.94. The van der Waals surface area contributed by atoms with Gasteiger partial charge in [0.1, 0.15) is 0 Å². The van der Waals surface area contributed by atoms with Gasteiger partial charge in [-0.15, -0.1) is 5.10 Å². The van der Waals surface area contributed by atoms with Crippen LogP contribution in [0, 0.1) is 13.8 Å². The molecule has 0 spiro atoms. The predicted molar refractivity (Wildman–Crippen MR) is 104 cm³/mol. The van der Waals surface area contributed by atoms with Gasteiger partial charge in [-0.1, -0.05) is 46.1 Å². The van der Waals surface area contributed by atoms with E-state index in [1.807, 2.05) is 38.1 Å². The molecule has 3 rings (SSSR count). The minimum Gasteiger partial charge on any atom is -0.396 e. The van der Waals surface area contributed by atoms with Crippen LogP contribution in [0.15, 0.2) is 36.4 Å². The molecule has 26 heavy (non-hydrogen) atoms. The van der Waals surface area contributed by atoms with Crippen molar-refractivity contribution in [1.29, 1.82) is 0 Å². The zero-order valence-electron chi connectivity index (χ0n) is 14.3. The Balaban J connectivity index is 1.75. The first-order chi connectivity index (χ1) is 12.3. The van der Waals surface area contributed by atoms with Crippen LogP contribution >= 0.6 is 23.2 Å². The fraction of sp³-hybridized carbons (Fsp3) is 0.167. The maximum atomic E-state index is 12.3. The Morgan fingerprint density at radius 1 is 1.15 bits per heavy atom. The highest BCUT2D eigenvalue weighted by Crippen LogP contribution is 2.31. The number of carbonyl (C=O) groups excluding carboxylic acids is 1. The molecular formula is C18H17Cl2N5O. The second-order valence-corrected chi connectivity index (χ2v) is 6.76. The third kappa shape index (κ3) is 3.81. The molecule has 1 amide bonds. The van der Waals surface area contributed by atoms with E-state index in [9.17, 15) is 4.79 Å². The lowest BCUT2D eigenvalue weighted by molar-refractivity contribution is -0.115. The monoisotopic (exact) mass is 389 g/mol. The van der Waals surface area contributed by atoms with Crippen LogP contribution in [0.1, 0.15) is 17.0 Å². The third-order valence-corrected chi connectivity index (χ3v) is 4.58. The molecule has 3 aromatic rings. The minimum absolute atomic E-state index is 0.0807. The number of hydrogen-bond acceptors (Lipinski definition) is 4. The van der Waals surface area contributed by atoms with Crippen LogP contribution in [0.3, 0.4) is 0 Å². The van der Waals surface area contributed by atoms with E-state index in [-0.39, 0.29) is 28.1 Å². The highest BCUT2D eigenvalue weighted by Gasteiger charge is 2.15. The molecule has 8 heteroatoms. The molecule has 0 aliphatic heterocycles. The molecule has 0 saturated heterocycles. The molecule has 0 unspecified atom stereocenters. The van der Waals surface area contributed by atoms with Crippen LogP contribution in [0.4, 0.5) is 11.4 Å². The van der Waals surface area contributed by atoms with Gasteiger partial charge in [-0.05, 0) is 38.1 Å². The number of benzene rings is 2. The predicted octanol–water partition coefficient (Wildman–Crippen LogP) is 3.95. The Hall–Kier alpha value is -2.57. The quantitative estimate of drug-likeness (QED) is 0.661. The van der Waals surface area contributed by atoms with E-state index in [1.54, 1.807) is 16.8 Å².